The van der Waals surface area contributed by atoms with E-state index in [9.17, 15) is 0 Å². The highest BCUT2D eigenvalue weighted by Crippen LogP contribution is 2.02. The molecule has 1 rings (SSSR count). The lowest BCUT2D eigenvalue weighted by Crippen LogP contribution is -2.17. The summed E-state index contributed by atoms with van der Waals surface area (Å²) in [5.74, 6) is 0. The predicted octanol–water partition coefficient (Wildman–Crippen LogP) is 1.92. The van der Waals surface area contributed by atoms with Gasteiger partial charge >= 0.3 is 0 Å². The van der Waals surface area contributed by atoms with Crippen LogP contribution in [0.2, 0.25) is 0 Å². The van der Waals surface area contributed by atoms with Crippen LogP contribution in [0.15, 0.2) is 16.8 Å². The molecule has 0 aliphatic carbocycles. The zero-order valence-corrected chi connectivity index (χ0v) is 7.59. The third-order valence-corrected chi connectivity index (χ3v) is 1.65. The quantitative estimate of drug-likeness (QED) is 0.502. The Balaban J connectivity index is 2.16. The van der Waals surface area contributed by atoms with Gasteiger partial charge in [0.1, 0.15) is 6.61 Å². The van der Waals surface area contributed by atoms with Crippen molar-refractivity contribution in [1.82, 2.24) is 0 Å². The maximum atomic E-state index is 5.29. The van der Waals surface area contributed by atoms with Gasteiger partial charge in [0.15, 0.2) is 0 Å². The second kappa shape index (κ2) is 6.03. The summed E-state index contributed by atoms with van der Waals surface area (Å²) in [4.78, 5) is 4.95. The summed E-state index contributed by atoms with van der Waals surface area (Å²) in [5, 5.41) is 3.90. The fourth-order valence-corrected chi connectivity index (χ4v) is 0.993. The lowest BCUT2D eigenvalue weighted by atomic mass is 10.2. The number of halogens is 1. The third-order valence-electron chi connectivity index (χ3n) is 1.48. The minimum absolute atomic E-state index is 0.424. The van der Waals surface area contributed by atoms with Crippen molar-refractivity contribution in [3.8, 4) is 0 Å². The number of rotatable bonds is 3. The van der Waals surface area contributed by atoms with Crippen LogP contribution >= 0.6 is 11.6 Å². The van der Waals surface area contributed by atoms with Crippen LogP contribution < -0.4 is 0 Å². The van der Waals surface area contributed by atoms with Gasteiger partial charge < -0.3 is 9.57 Å². The zero-order valence-electron chi connectivity index (χ0n) is 6.83. The second-order valence-corrected chi connectivity index (χ2v) is 2.72. The third kappa shape index (κ3) is 3.74. The molecule has 0 unspecified atom stereocenters. The van der Waals surface area contributed by atoms with Gasteiger partial charge in [-0.3, -0.25) is 0 Å². The van der Waals surface area contributed by atoms with Crippen molar-refractivity contribution in [1.29, 1.82) is 0 Å². The molecule has 0 aromatic rings. The van der Waals surface area contributed by atoms with Gasteiger partial charge in [0.05, 0.1) is 12.3 Å². The average Bonchev–Trinajstić information content (AvgIpc) is 2.14. The summed E-state index contributed by atoms with van der Waals surface area (Å²) in [7, 11) is 0. The van der Waals surface area contributed by atoms with Gasteiger partial charge in [0.25, 0.3) is 0 Å². The average molecular weight is 190 g/mol. The van der Waals surface area contributed by atoms with Crippen molar-refractivity contribution in [2.24, 2.45) is 5.16 Å². The van der Waals surface area contributed by atoms with Crippen LogP contribution in [0.5, 0.6) is 0 Å². The van der Waals surface area contributed by atoms with E-state index in [1.165, 1.54) is 5.54 Å². The van der Waals surface area contributed by atoms with E-state index in [0.717, 1.165) is 25.2 Å². The van der Waals surface area contributed by atoms with Gasteiger partial charge in [-0.05, 0) is 18.9 Å². The smallest absolute Gasteiger partial charge is 0.136 e. The maximum absolute atomic E-state index is 5.29. The molecule has 1 heterocycles. The molecule has 12 heavy (non-hydrogen) atoms. The summed E-state index contributed by atoms with van der Waals surface area (Å²) in [5.41, 5.74) is 2.39. The fraction of sp³-hybridized carbons (Fsp3) is 0.625. The Bertz CT molecular complexity index is 172. The normalized spacial score (nSPS) is 21.9. The van der Waals surface area contributed by atoms with Crippen molar-refractivity contribution in [3.05, 3.63) is 11.6 Å². The molecule has 1 fully saturated rings. The Morgan fingerprint density at radius 3 is 3.25 bits per heavy atom. The molecule has 68 valence electrons. The van der Waals surface area contributed by atoms with Crippen molar-refractivity contribution in [2.75, 3.05) is 19.8 Å². The Morgan fingerprint density at radius 1 is 1.67 bits per heavy atom. The molecule has 1 aliphatic rings. The molecular weight excluding hydrogens is 178 g/mol. The van der Waals surface area contributed by atoms with Crippen LogP contribution in [0.4, 0.5) is 0 Å². The van der Waals surface area contributed by atoms with Crippen molar-refractivity contribution in [3.63, 3.8) is 0 Å². The Labute approximate surface area is 77.0 Å². The van der Waals surface area contributed by atoms with Crippen molar-refractivity contribution >= 4 is 17.3 Å². The summed E-state index contributed by atoms with van der Waals surface area (Å²) < 4.78 is 5.18. The first-order valence-electron chi connectivity index (χ1n) is 3.94. The van der Waals surface area contributed by atoms with E-state index in [-0.39, 0.29) is 0 Å². The van der Waals surface area contributed by atoms with Gasteiger partial charge in [-0.15, -0.1) is 0 Å². The Morgan fingerprint density at radius 2 is 2.58 bits per heavy atom. The van der Waals surface area contributed by atoms with E-state index in [1.54, 1.807) is 6.08 Å². The van der Waals surface area contributed by atoms with Gasteiger partial charge in [0, 0.05) is 12.1 Å². The van der Waals surface area contributed by atoms with Crippen LogP contribution in [-0.2, 0) is 9.57 Å². The van der Waals surface area contributed by atoms with Crippen LogP contribution in [0, 0.1) is 0 Å². The molecule has 3 nitrogen and oxygen atoms in total. The summed E-state index contributed by atoms with van der Waals surface area (Å²) in [6.45, 7) is 1.86. The van der Waals surface area contributed by atoms with E-state index in [4.69, 9.17) is 21.2 Å². The van der Waals surface area contributed by atoms with E-state index in [0.29, 0.717) is 13.2 Å². The molecule has 0 saturated carbocycles. The molecule has 0 radical (unpaired) electrons. The molecule has 1 saturated heterocycles. The first-order valence-corrected chi connectivity index (χ1v) is 4.38. The van der Waals surface area contributed by atoms with Gasteiger partial charge in [-0.2, -0.15) is 0 Å². The molecule has 4 heteroatoms. The highest BCUT2D eigenvalue weighted by atomic mass is 35.5. The van der Waals surface area contributed by atoms with Crippen LogP contribution in [0.3, 0.4) is 0 Å². The van der Waals surface area contributed by atoms with Crippen LogP contribution in [0.1, 0.15) is 12.8 Å². The largest absolute Gasteiger partial charge is 0.392 e. The van der Waals surface area contributed by atoms with Gasteiger partial charge in [-0.25, -0.2) is 0 Å². The lowest BCUT2D eigenvalue weighted by molar-refractivity contribution is 0.136. The molecule has 0 aromatic carbocycles. The lowest BCUT2D eigenvalue weighted by Gasteiger charge is -2.12. The van der Waals surface area contributed by atoms with E-state index in [2.05, 4.69) is 5.16 Å². The Kier molecular flexibility index (Phi) is 4.80. The van der Waals surface area contributed by atoms with Crippen LogP contribution in [-0.4, -0.2) is 25.5 Å². The standard InChI is InChI=1S/C8H12ClNO2/c9-4-2-6-12-10-8-3-1-5-11-7-8/h2,4H,1,3,5-7H2/b4-2+,10-8-. The molecule has 0 amide bonds. The van der Waals surface area contributed by atoms with Gasteiger partial charge in [0.2, 0.25) is 0 Å². The molecule has 0 atom stereocenters. The van der Waals surface area contributed by atoms with Crippen molar-refractivity contribution < 1.29 is 9.57 Å². The SMILES string of the molecule is Cl/C=C/CO/N=C1/CCCOC1. The fourth-order valence-electron chi connectivity index (χ4n) is 0.920. The summed E-state index contributed by atoms with van der Waals surface area (Å²) in [6.07, 6.45) is 3.70. The predicted molar refractivity (Wildman–Crippen MR) is 48.4 cm³/mol. The highest BCUT2D eigenvalue weighted by molar-refractivity contribution is 6.25. The van der Waals surface area contributed by atoms with Crippen molar-refractivity contribution in [2.45, 2.75) is 12.8 Å². The first kappa shape index (κ1) is 9.55. The van der Waals surface area contributed by atoms with Crippen LogP contribution in [0.25, 0.3) is 0 Å². The highest BCUT2D eigenvalue weighted by Gasteiger charge is 2.06. The molecule has 0 bridgehead atoms. The molecule has 0 N–H and O–H groups in total. The first-order chi connectivity index (χ1) is 5.93. The minimum Gasteiger partial charge on any atom is -0.392 e. The van der Waals surface area contributed by atoms with E-state index < -0.39 is 0 Å². The molecular formula is C8H12ClNO2. The second-order valence-electron chi connectivity index (χ2n) is 2.47. The minimum atomic E-state index is 0.424. The number of hydrogen-bond donors (Lipinski definition) is 0. The maximum Gasteiger partial charge on any atom is 0.136 e. The van der Waals surface area contributed by atoms with Gasteiger partial charge in [-0.1, -0.05) is 16.8 Å². The number of oxime groups is 1. The molecule has 0 spiro atoms. The summed E-state index contributed by atoms with van der Waals surface area (Å²) >= 11 is 5.29. The summed E-state index contributed by atoms with van der Waals surface area (Å²) in [6, 6.07) is 0. The number of nitrogens with zero attached hydrogens (tertiary/aromatic N) is 1. The van der Waals surface area contributed by atoms with E-state index in [1.807, 2.05) is 0 Å². The number of hydrogen-bond acceptors (Lipinski definition) is 3. The monoisotopic (exact) mass is 189 g/mol. The topological polar surface area (TPSA) is 30.8 Å². The number of ether oxygens (including phenoxy) is 1. The van der Waals surface area contributed by atoms with E-state index >= 15 is 0 Å². The Hall–Kier alpha value is -0.540. The molecule has 0 aromatic heterocycles. The molecule has 1 aliphatic heterocycles. The zero-order chi connectivity index (χ0) is 8.65.